The zero-order chi connectivity index (χ0) is 17.0. The Hall–Kier alpha value is -0.820. The van der Waals surface area contributed by atoms with Gasteiger partial charge in [-0.3, -0.25) is 4.79 Å². The van der Waals surface area contributed by atoms with Crippen LogP contribution in [0, 0.1) is 5.92 Å². The van der Waals surface area contributed by atoms with E-state index in [0.717, 1.165) is 12.8 Å². The highest BCUT2D eigenvalue weighted by atomic mass is 35.5. The molecular formula is C15H19Cl2NO4S. The molecule has 0 spiro atoms. The average molecular weight is 380 g/mol. The van der Waals surface area contributed by atoms with Crippen molar-refractivity contribution in [2.75, 3.05) is 19.7 Å². The summed E-state index contributed by atoms with van der Waals surface area (Å²) in [4.78, 5) is 11.6. The van der Waals surface area contributed by atoms with Crippen LogP contribution in [0.2, 0.25) is 10.0 Å². The first-order valence-electron chi connectivity index (χ1n) is 7.45. The van der Waals surface area contributed by atoms with Gasteiger partial charge in [-0.2, -0.15) is 4.31 Å². The van der Waals surface area contributed by atoms with Crippen LogP contribution in [0.15, 0.2) is 23.1 Å². The number of carbonyl (C=O) groups is 1. The van der Waals surface area contributed by atoms with E-state index in [9.17, 15) is 13.2 Å². The molecule has 1 aliphatic carbocycles. The van der Waals surface area contributed by atoms with E-state index >= 15 is 0 Å². The Morgan fingerprint density at radius 3 is 2.57 bits per heavy atom. The van der Waals surface area contributed by atoms with E-state index in [1.807, 2.05) is 0 Å². The molecule has 0 N–H and O–H groups in total. The largest absolute Gasteiger partial charge is 0.466 e. The highest BCUT2D eigenvalue weighted by Crippen LogP contribution is 2.33. The van der Waals surface area contributed by atoms with E-state index in [2.05, 4.69) is 0 Å². The number of hydrogen-bond donors (Lipinski definition) is 0. The van der Waals surface area contributed by atoms with Gasteiger partial charge in [0.15, 0.2) is 0 Å². The molecule has 0 bridgehead atoms. The summed E-state index contributed by atoms with van der Waals surface area (Å²) in [6.07, 6.45) is 2.04. The summed E-state index contributed by atoms with van der Waals surface area (Å²) in [7, 11) is -3.72. The van der Waals surface area contributed by atoms with E-state index in [-0.39, 0.29) is 29.5 Å². The molecule has 0 saturated heterocycles. The van der Waals surface area contributed by atoms with E-state index < -0.39 is 16.0 Å². The van der Waals surface area contributed by atoms with Crippen LogP contribution in [0.4, 0.5) is 0 Å². The molecule has 0 atom stereocenters. The number of nitrogens with zero attached hydrogens (tertiary/aromatic N) is 1. The van der Waals surface area contributed by atoms with E-state index in [0.29, 0.717) is 17.5 Å². The van der Waals surface area contributed by atoms with Crippen molar-refractivity contribution < 1.29 is 17.9 Å². The molecule has 0 heterocycles. The third-order valence-corrected chi connectivity index (χ3v) is 6.16. The van der Waals surface area contributed by atoms with Crippen molar-refractivity contribution in [3.8, 4) is 0 Å². The average Bonchev–Trinajstić information content (AvgIpc) is 3.30. The first-order chi connectivity index (χ1) is 10.8. The molecule has 0 unspecified atom stereocenters. The summed E-state index contributed by atoms with van der Waals surface area (Å²) in [6, 6.07) is 4.22. The lowest BCUT2D eigenvalue weighted by Crippen LogP contribution is -2.35. The number of sulfonamides is 1. The van der Waals surface area contributed by atoms with Crippen LogP contribution in [0.3, 0.4) is 0 Å². The number of ether oxygens (including phenoxy) is 1. The Morgan fingerprint density at radius 1 is 1.30 bits per heavy atom. The molecule has 0 amide bonds. The SMILES string of the molecule is CCOC(=O)CCN(CC1CC1)S(=O)(=O)c1ccc(Cl)c(Cl)c1. The van der Waals surface area contributed by atoms with Crippen LogP contribution in [-0.4, -0.2) is 38.4 Å². The number of halogens is 2. The van der Waals surface area contributed by atoms with Crippen LogP contribution >= 0.6 is 23.2 Å². The van der Waals surface area contributed by atoms with Crippen LogP contribution in [-0.2, 0) is 19.6 Å². The van der Waals surface area contributed by atoms with Crippen molar-refractivity contribution in [3.05, 3.63) is 28.2 Å². The van der Waals surface area contributed by atoms with Crippen molar-refractivity contribution in [1.29, 1.82) is 0 Å². The van der Waals surface area contributed by atoms with E-state index in [1.165, 1.54) is 22.5 Å². The highest BCUT2D eigenvalue weighted by Gasteiger charge is 2.32. The van der Waals surface area contributed by atoms with Gasteiger partial charge in [0.1, 0.15) is 0 Å². The van der Waals surface area contributed by atoms with Gasteiger partial charge in [-0.05, 0) is 43.9 Å². The fourth-order valence-electron chi connectivity index (χ4n) is 2.13. The van der Waals surface area contributed by atoms with Gasteiger partial charge < -0.3 is 4.74 Å². The van der Waals surface area contributed by atoms with Gasteiger partial charge in [-0.15, -0.1) is 0 Å². The molecule has 1 aromatic carbocycles. The number of carbonyl (C=O) groups excluding carboxylic acids is 1. The summed E-state index contributed by atoms with van der Waals surface area (Å²) in [5.74, 6) is -0.0487. The smallest absolute Gasteiger partial charge is 0.307 e. The maximum atomic E-state index is 12.8. The van der Waals surface area contributed by atoms with Crippen molar-refractivity contribution in [2.24, 2.45) is 5.92 Å². The zero-order valence-corrected chi connectivity index (χ0v) is 15.1. The molecule has 1 fully saturated rings. The Morgan fingerprint density at radius 2 is 2.00 bits per heavy atom. The van der Waals surface area contributed by atoms with Crippen LogP contribution < -0.4 is 0 Å². The van der Waals surface area contributed by atoms with Gasteiger partial charge in [-0.1, -0.05) is 23.2 Å². The standard InChI is InChI=1S/C15H19Cl2NO4S/c1-2-22-15(19)7-8-18(10-11-3-4-11)23(20,21)12-5-6-13(16)14(17)9-12/h5-6,9,11H,2-4,7-8,10H2,1H3. The van der Waals surface area contributed by atoms with Gasteiger partial charge in [-0.25, -0.2) is 8.42 Å². The second kappa shape index (κ2) is 7.83. The summed E-state index contributed by atoms with van der Waals surface area (Å²) in [6.45, 7) is 2.49. The predicted molar refractivity (Wildman–Crippen MR) is 89.2 cm³/mol. The maximum absolute atomic E-state index is 12.8. The van der Waals surface area contributed by atoms with Gasteiger partial charge in [0.25, 0.3) is 0 Å². The van der Waals surface area contributed by atoms with Gasteiger partial charge in [0.05, 0.1) is 28.0 Å². The number of benzene rings is 1. The van der Waals surface area contributed by atoms with E-state index in [1.54, 1.807) is 6.92 Å². The number of hydrogen-bond acceptors (Lipinski definition) is 4. The Bertz CT molecular complexity index is 674. The molecule has 1 aromatic rings. The third-order valence-electron chi connectivity index (χ3n) is 3.56. The summed E-state index contributed by atoms with van der Waals surface area (Å²) < 4.78 is 31.8. The van der Waals surface area contributed by atoms with Gasteiger partial charge in [0, 0.05) is 13.1 Å². The van der Waals surface area contributed by atoms with Crippen LogP contribution in [0.25, 0.3) is 0 Å². The summed E-state index contributed by atoms with van der Waals surface area (Å²) >= 11 is 11.8. The minimum Gasteiger partial charge on any atom is -0.466 e. The van der Waals surface area contributed by atoms with Crippen molar-refractivity contribution in [3.63, 3.8) is 0 Å². The Kier molecular flexibility index (Phi) is 6.31. The summed E-state index contributed by atoms with van der Waals surface area (Å²) in [5, 5.41) is 0.482. The lowest BCUT2D eigenvalue weighted by Gasteiger charge is -2.22. The molecule has 0 aromatic heterocycles. The molecule has 5 nitrogen and oxygen atoms in total. The molecular weight excluding hydrogens is 361 g/mol. The molecule has 128 valence electrons. The number of esters is 1. The van der Waals surface area contributed by atoms with Crippen molar-refractivity contribution in [1.82, 2.24) is 4.31 Å². The fourth-order valence-corrected chi connectivity index (χ4v) is 4.04. The quantitative estimate of drug-likeness (QED) is 0.649. The Balaban J connectivity index is 2.17. The topological polar surface area (TPSA) is 63.7 Å². The lowest BCUT2D eigenvalue weighted by atomic mass is 10.4. The predicted octanol–water partition coefficient (Wildman–Crippen LogP) is 3.35. The Labute approximate surface area is 146 Å². The molecule has 0 aliphatic heterocycles. The van der Waals surface area contributed by atoms with Gasteiger partial charge in [0.2, 0.25) is 10.0 Å². The first kappa shape index (κ1) is 18.5. The van der Waals surface area contributed by atoms with E-state index in [4.69, 9.17) is 27.9 Å². The van der Waals surface area contributed by atoms with Gasteiger partial charge >= 0.3 is 5.97 Å². The number of rotatable bonds is 8. The summed E-state index contributed by atoms with van der Waals surface area (Å²) in [5.41, 5.74) is 0. The minimum atomic E-state index is -3.72. The lowest BCUT2D eigenvalue weighted by molar-refractivity contribution is -0.143. The van der Waals surface area contributed by atoms with Crippen LogP contribution in [0.1, 0.15) is 26.2 Å². The molecule has 2 rings (SSSR count). The first-order valence-corrected chi connectivity index (χ1v) is 9.65. The van der Waals surface area contributed by atoms with Crippen molar-refractivity contribution >= 4 is 39.2 Å². The highest BCUT2D eigenvalue weighted by molar-refractivity contribution is 7.89. The minimum absolute atomic E-state index is 0.0289. The second-order valence-corrected chi connectivity index (χ2v) is 8.19. The fraction of sp³-hybridized carbons (Fsp3) is 0.533. The molecule has 8 heteroatoms. The zero-order valence-electron chi connectivity index (χ0n) is 12.8. The van der Waals surface area contributed by atoms with Crippen LogP contribution in [0.5, 0.6) is 0 Å². The molecule has 0 radical (unpaired) electrons. The second-order valence-electron chi connectivity index (χ2n) is 5.44. The monoisotopic (exact) mass is 379 g/mol. The maximum Gasteiger partial charge on any atom is 0.307 e. The normalized spacial score (nSPS) is 15.0. The molecule has 1 aliphatic rings. The molecule has 1 saturated carbocycles. The molecule has 23 heavy (non-hydrogen) atoms. The third kappa shape index (κ3) is 5.08. The van der Waals surface area contributed by atoms with Crippen molar-refractivity contribution in [2.45, 2.75) is 31.1 Å².